The van der Waals surface area contributed by atoms with Crippen LogP contribution >= 0.6 is 34.8 Å². The number of imide groups is 2. The van der Waals surface area contributed by atoms with Gasteiger partial charge in [0.2, 0.25) is 0 Å². The molecule has 1 saturated heterocycles. The predicted molar refractivity (Wildman–Crippen MR) is 128 cm³/mol. The van der Waals surface area contributed by atoms with Gasteiger partial charge < -0.3 is 4.74 Å². The highest BCUT2D eigenvalue weighted by Crippen LogP contribution is 2.31. The van der Waals surface area contributed by atoms with Gasteiger partial charge in [0.1, 0.15) is 23.7 Å². The van der Waals surface area contributed by atoms with Crippen molar-refractivity contribution in [3.63, 3.8) is 0 Å². The monoisotopic (exact) mass is 518 g/mol. The largest absolute Gasteiger partial charge is 0.488 e. The number of barbiturate groups is 1. The average Bonchev–Trinajstić information content (AvgIpc) is 2.79. The number of ether oxygens (including phenoxy) is 1. The van der Waals surface area contributed by atoms with E-state index in [1.807, 2.05) is 0 Å². The molecule has 4 rings (SSSR count). The lowest BCUT2D eigenvalue weighted by molar-refractivity contribution is -0.122. The highest BCUT2D eigenvalue weighted by Gasteiger charge is 2.37. The molecule has 3 aromatic carbocycles. The van der Waals surface area contributed by atoms with E-state index < -0.39 is 23.7 Å². The van der Waals surface area contributed by atoms with Crippen LogP contribution in [0.25, 0.3) is 6.08 Å². The molecule has 1 fully saturated rings. The van der Waals surface area contributed by atoms with E-state index >= 15 is 0 Å². The molecule has 34 heavy (non-hydrogen) atoms. The van der Waals surface area contributed by atoms with Crippen LogP contribution in [-0.2, 0) is 16.2 Å². The summed E-state index contributed by atoms with van der Waals surface area (Å²) in [5.41, 5.74) is 0.380. The Labute approximate surface area is 208 Å². The Balaban J connectivity index is 1.69. The number of benzene rings is 3. The van der Waals surface area contributed by atoms with Crippen molar-refractivity contribution in [2.24, 2.45) is 0 Å². The summed E-state index contributed by atoms with van der Waals surface area (Å²) in [7, 11) is 0. The summed E-state index contributed by atoms with van der Waals surface area (Å²) in [6, 6.07) is 13.9. The van der Waals surface area contributed by atoms with Crippen molar-refractivity contribution in [2.75, 3.05) is 4.90 Å². The first-order valence-electron chi connectivity index (χ1n) is 9.77. The second kappa shape index (κ2) is 9.85. The van der Waals surface area contributed by atoms with Crippen molar-refractivity contribution in [1.29, 1.82) is 0 Å². The van der Waals surface area contributed by atoms with Crippen LogP contribution < -0.4 is 15.0 Å². The number of halogens is 4. The molecule has 0 atom stereocenters. The van der Waals surface area contributed by atoms with Crippen molar-refractivity contribution in [2.45, 2.75) is 6.61 Å². The molecule has 0 aliphatic carbocycles. The number of nitrogens with zero attached hydrogens (tertiary/aromatic N) is 1. The van der Waals surface area contributed by atoms with Gasteiger partial charge in [-0.2, -0.15) is 0 Å². The van der Waals surface area contributed by atoms with E-state index in [2.05, 4.69) is 5.32 Å². The number of carbonyl (C=O) groups is 3. The summed E-state index contributed by atoms with van der Waals surface area (Å²) < 4.78 is 19.7. The fourth-order valence-corrected chi connectivity index (χ4v) is 3.68. The van der Waals surface area contributed by atoms with Gasteiger partial charge in [-0.25, -0.2) is 14.1 Å². The smallest absolute Gasteiger partial charge is 0.335 e. The van der Waals surface area contributed by atoms with Gasteiger partial charge in [-0.15, -0.1) is 0 Å². The maximum Gasteiger partial charge on any atom is 0.335 e. The van der Waals surface area contributed by atoms with E-state index in [0.29, 0.717) is 10.6 Å². The molecule has 0 radical (unpaired) electrons. The molecule has 0 aromatic heterocycles. The Morgan fingerprint density at radius 3 is 2.44 bits per heavy atom. The number of urea groups is 1. The van der Waals surface area contributed by atoms with Gasteiger partial charge in [0.15, 0.2) is 0 Å². The van der Waals surface area contributed by atoms with E-state index in [1.165, 1.54) is 42.5 Å². The first kappa shape index (κ1) is 23.8. The Morgan fingerprint density at radius 2 is 1.71 bits per heavy atom. The van der Waals surface area contributed by atoms with Gasteiger partial charge in [0, 0.05) is 16.1 Å². The number of nitrogens with one attached hydrogen (secondary N) is 1. The lowest BCUT2D eigenvalue weighted by atomic mass is 10.1. The zero-order valence-corrected chi connectivity index (χ0v) is 19.4. The molecule has 4 amide bonds. The molecule has 1 aliphatic rings. The van der Waals surface area contributed by atoms with E-state index in [4.69, 9.17) is 39.5 Å². The van der Waals surface area contributed by atoms with Crippen LogP contribution in [0.4, 0.5) is 14.9 Å². The van der Waals surface area contributed by atoms with E-state index in [1.54, 1.807) is 24.3 Å². The van der Waals surface area contributed by atoms with Gasteiger partial charge in [0.05, 0.1) is 15.7 Å². The number of hydrogen-bond acceptors (Lipinski definition) is 4. The number of amides is 4. The summed E-state index contributed by atoms with van der Waals surface area (Å²) in [4.78, 5) is 38.8. The number of carbonyl (C=O) groups excluding carboxylic acids is 3. The van der Waals surface area contributed by atoms with Crippen LogP contribution in [0, 0.1) is 5.82 Å². The van der Waals surface area contributed by atoms with Crippen LogP contribution in [-0.4, -0.2) is 17.8 Å². The first-order chi connectivity index (χ1) is 16.2. The Bertz CT molecular complexity index is 1360. The first-order valence-corrected chi connectivity index (χ1v) is 10.9. The van der Waals surface area contributed by atoms with Crippen molar-refractivity contribution in [3.05, 3.63) is 98.2 Å². The van der Waals surface area contributed by atoms with Gasteiger partial charge in [0.25, 0.3) is 11.8 Å². The van der Waals surface area contributed by atoms with Crippen molar-refractivity contribution < 1.29 is 23.5 Å². The molecule has 0 bridgehead atoms. The summed E-state index contributed by atoms with van der Waals surface area (Å²) in [5, 5.41) is 2.79. The molecule has 0 unspecified atom stereocenters. The third-order valence-corrected chi connectivity index (χ3v) is 5.85. The van der Waals surface area contributed by atoms with Crippen molar-refractivity contribution in [3.8, 4) is 5.75 Å². The predicted octanol–water partition coefficient (Wildman–Crippen LogP) is 6.03. The summed E-state index contributed by atoms with van der Waals surface area (Å²) >= 11 is 18.0. The Morgan fingerprint density at radius 1 is 0.941 bits per heavy atom. The number of hydrogen-bond donors (Lipinski definition) is 1. The lowest BCUT2D eigenvalue weighted by Gasteiger charge is -2.26. The minimum atomic E-state index is -0.937. The average molecular weight is 520 g/mol. The second-order valence-corrected chi connectivity index (χ2v) is 8.37. The third-order valence-electron chi connectivity index (χ3n) is 4.88. The fourth-order valence-electron chi connectivity index (χ4n) is 3.21. The molecule has 0 spiro atoms. The zero-order valence-electron chi connectivity index (χ0n) is 17.2. The molecule has 3 aromatic rings. The number of rotatable bonds is 5. The van der Waals surface area contributed by atoms with Crippen LogP contribution in [0.2, 0.25) is 15.1 Å². The molecule has 0 saturated carbocycles. The lowest BCUT2D eigenvalue weighted by Crippen LogP contribution is -2.54. The molecule has 1 N–H and O–H groups in total. The van der Waals surface area contributed by atoms with Crippen molar-refractivity contribution >= 4 is 64.4 Å². The van der Waals surface area contributed by atoms with E-state index in [-0.39, 0.29) is 39.2 Å². The summed E-state index contributed by atoms with van der Waals surface area (Å²) in [6.07, 6.45) is 1.25. The maximum absolute atomic E-state index is 14.0. The van der Waals surface area contributed by atoms with Crippen LogP contribution in [0.5, 0.6) is 5.75 Å². The van der Waals surface area contributed by atoms with E-state index in [9.17, 15) is 18.8 Å². The fraction of sp³-hybridized carbons (Fsp3) is 0.0417. The molecule has 10 heteroatoms. The standard InChI is InChI=1S/C24H14Cl3FN2O4/c25-15-5-8-21(34-12-13-3-1-2-4-20(13)28)14(9-15)10-17-22(31)29-24(33)30(23(17)32)16-6-7-18(26)19(27)11-16/h1-11H,12H2,(H,29,31,33)/b17-10+. The molecule has 1 heterocycles. The van der Waals surface area contributed by atoms with Gasteiger partial charge >= 0.3 is 6.03 Å². The van der Waals surface area contributed by atoms with Crippen LogP contribution in [0.3, 0.4) is 0 Å². The number of anilines is 1. The van der Waals surface area contributed by atoms with Gasteiger partial charge in [-0.3, -0.25) is 14.9 Å². The topological polar surface area (TPSA) is 75.7 Å². The quantitative estimate of drug-likeness (QED) is 0.330. The minimum absolute atomic E-state index is 0.0987. The summed E-state index contributed by atoms with van der Waals surface area (Å²) in [5.74, 6) is -1.97. The maximum atomic E-state index is 14.0. The van der Waals surface area contributed by atoms with Crippen LogP contribution in [0.15, 0.2) is 66.2 Å². The third kappa shape index (κ3) is 4.92. The SMILES string of the molecule is O=C1NC(=O)N(c2ccc(Cl)c(Cl)c2)C(=O)/C1=C/c1cc(Cl)ccc1OCc1ccccc1F. The van der Waals surface area contributed by atoms with E-state index in [0.717, 1.165) is 4.90 Å². The second-order valence-electron chi connectivity index (χ2n) is 7.12. The molecule has 172 valence electrons. The van der Waals surface area contributed by atoms with Crippen LogP contribution in [0.1, 0.15) is 11.1 Å². The Kier molecular flexibility index (Phi) is 6.88. The highest BCUT2D eigenvalue weighted by atomic mass is 35.5. The summed E-state index contributed by atoms with van der Waals surface area (Å²) in [6.45, 7) is -0.0987. The molecular weight excluding hydrogens is 506 g/mol. The highest BCUT2D eigenvalue weighted by molar-refractivity contribution is 6.43. The Hall–Kier alpha value is -3.39. The molecule has 6 nitrogen and oxygen atoms in total. The van der Waals surface area contributed by atoms with Gasteiger partial charge in [-0.05, 0) is 48.5 Å². The van der Waals surface area contributed by atoms with Gasteiger partial charge in [-0.1, -0.05) is 53.0 Å². The molecular formula is C24H14Cl3FN2O4. The minimum Gasteiger partial charge on any atom is -0.488 e. The molecule has 1 aliphatic heterocycles. The van der Waals surface area contributed by atoms with Crippen molar-refractivity contribution in [1.82, 2.24) is 5.32 Å². The normalized spacial score (nSPS) is 15.0. The zero-order chi connectivity index (χ0) is 24.4.